The monoisotopic (exact) mass is 280 g/mol. The van der Waals surface area contributed by atoms with Crippen molar-refractivity contribution in [3.05, 3.63) is 23.4 Å². The number of alkyl halides is 1. The van der Waals surface area contributed by atoms with Crippen LogP contribution in [0.25, 0.3) is 0 Å². The molecular formula is C16H25ClN2. The summed E-state index contributed by atoms with van der Waals surface area (Å²) in [6.07, 6.45) is 4.82. The van der Waals surface area contributed by atoms with E-state index < -0.39 is 0 Å². The van der Waals surface area contributed by atoms with E-state index in [1.54, 1.807) is 0 Å². The lowest BCUT2D eigenvalue weighted by atomic mass is 10.1. The molecule has 0 atom stereocenters. The van der Waals surface area contributed by atoms with Gasteiger partial charge in [0.2, 0.25) is 0 Å². The third-order valence-electron chi connectivity index (χ3n) is 3.67. The van der Waals surface area contributed by atoms with Gasteiger partial charge in [0.25, 0.3) is 0 Å². The maximum atomic E-state index is 6.01. The highest BCUT2D eigenvalue weighted by molar-refractivity contribution is 6.17. The molecule has 0 spiro atoms. The minimum Gasteiger partial charge on any atom is -0.354 e. The first-order chi connectivity index (χ1) is 9.13. The van der Waals surface area contributed by atoms with Crippen molar-refractivity contribution < 1.29 is 0 Å². The quantitative estimate of drug-likeness (QED) is 0.688. The molecule has 1 aromatic heterocycles. The van der Waals surface area contributed by atoms with Crippen LogP contribution in [0.3, 0.4) is 0 Å². The van der Waals surface area contributed by atoms with Gasteiger partial charge >= 0.3 is 0 Å². The van der Waals surface area contributed by atoms with Gasteiger partial charge in [0.15, 0.2) is 0 Å². The van der Waals surface area contributed by atoms with Crippen molar-refractivity contribution in [2.45, 2.75) is 58.4 Å². The molecule has 1 aromatic rings. The van der Waals surface area contributed by atoms with Crippen LogP contribution in [-0.4, -0.2) is 17.6 Å². The zero-order chi connectivity index (χ0) is 13.8. The molecule has 1 aliphatic carbocycles. The van der Waals surface area contributed by atoms with Crippen LogP contribution in [-0.2, 0) is 12.3 Å². The Balaban J connectivity index is 2.19. The Morgan fingerprint density at radius 1 is 1.37 bits per heavy atom. The van der Waals surface area contributed by atoms with Gasteiger partial charge in [0, 0.05) is 24.2 Å². The van der Waals surface area contributed by atoms with Gasteiger partial charge in [-0.3, -0.25) is 0 Å². The highest BCUT2D eigenvalue weighted by Gasteiger charge is 2.30. The second kappa shape index (κ2) is 6.60. The predicted molar refractivity (Wildman–Crippen MR) is 83.0 cm³/mol. The summed E-state index contributed by atoms with van der Waals surface area (Å²) in [5, 5.41) is 0. The summed E-state index contributed by atoms with van der Waals surface area (Å²) >= 11 is 6.01. The van der Waals surface area contributed by atoms with E-state index in [2.05, 4.69) is 37.8 Å². The first-order valence-corrected chi connectivity index (χ1v) is 8.00. The molecule has 2 nitrogen and oxygen atoms in total. The van der Waals surface area contributed by atoms with Crippen molar-refractivity contribution in [2.24, 2.45) is 5.92 Å². The van der Waals surface area contributed by atoms with Crippen molar-refractivity contribution >= 4 is 17.4 Å². The van der Waals surface area contributed by atoms with Crippen LogP contribution in [0.15, 0.2) is 12.1 Å². The molecular weight excluding hydrogens is 256 g/mol. The molecule has 0 bridgehead atoms. The van der Waals surface area contributed by atoms with E-state index in [4.69, 9.17) is 16.6 Å². The normalized spacial score (nSPS) is 15.0. The fourth-order valence-electron chi connectivity index (χ4n) is 2.31. The van der Waals surface area contributed by atoms with Gasteiger partial charge < -0.3 is 4.90 Å². The van der Waals surface area contributed by atoms with Crippen LogP contribution in [0.1, 0.15) is 51.3 Å². The van der Waals surface area contributed by atoms with Crippen molar-refractivity contribution in [3.63, 3.8) is 0 Å². The summed E-state index contributed by atoms with van der Waals surface area (Å²) in [5.74, 6) is 2.45. The van der Waals surface area contributed by atoms with E-state index in [9.17, 15) is 0 Å². The number of anilines is 1. The number of rotatable bonds is 7. The maximum Gasteiger partial charge on any atom is 0.129 e. The summed E-state index contributed by atoms with van der Waals surface area (Å²) in [6.45, 7) is 7.83. The molecule has 0 amide bonds. The Bertz CT molecular complexity index is 391. The fourth-order valence-corrected chi connectivity index (χ4v) is 2.46. The third kappa shape index (κ3) is 4.10. The maximum absolute atomic E-state index is 6.01. The molecule has 1 aliphatic rings. The first kappa shape index (κ1) is 14.6. The van der Waals surface area contributed by atoms with E-state index in [1.165, 1.54) is 24.8 Å². The van der Waals surface area contributed by atoms with E-state index in [1.807, 2.05) is 0 Å². The number of aryl methyl sites for hydroxylation is 1. The molecule has 1 heterocycles. The minimum absolute atomic E-state index is 0.575. The topological polar surface area (TPSA) is 16.1 Å². The Morgan fingerprint density at radius 3 is 2.63 bits per heavy atom. The molecule has 3 heteroatoms. The second-order valence-corrected chi connectivity index (χ2v) is 6.19. The van der Waals surface area contributed by atoms with E-state index >= 15 is 0 Å². The summed E-state index contributed by atoms with van der Waals surface area (Å²) < 4.78 is 0. The van der Waals surface area contributed by atoms with Crippen LogP contribution < -0.4 is 4.90 Å². The molecule has 2 rings (SSSR count). The zero-order valence-corrected chi connectivity index (χ0v) is 13.1. The van der Waals surface area contributed by atoms with Gasteiger partial charge in [-0.1, -0.05) is 20.8 Å². The van der Waals surface area contributed by atoms with Gasteiger partial charge in [0.05, 0.1) is 0 Å². The smallest absolute Gasteiger partial charge is 0.129 e. The summed E-state index contributed by atoms with van der Waals surface area (Å²) in [7, 11) is 0. The molecule has 0 radical (unpaired) electrons. The number of nitrogens with zero attached hydrogens (tertiary/aromatic N) is 2. The molecule has 0 aliphatic heterocycles. The van der Waals surface area contributed by atoms with Gasteiger partial charge in [-0.15, -0.1) is 11.6 Å². The number of hydrogen-bond acceptors (Lipinski definition) is 2. The van der Waals surface area contributed by atoms with Crippen molar-refractivity contribution in [2.75, 3.05) is 11.4 Å². The second-order valence-electron chi connectivity index (χ2n) is 5.92. The van der Waals surface area contributed by atoms with Crippen molar-refractivity contribution in [1.82, 2.24) is 4.98 Å². The highest BCUT2D eigenvalue weighted by atomic mass is 35.5. The van der Waals surface area contributed by atoms with Crippen LogP contribution in [0.4, 0.5) is 5.82 Å². The molecule has 0 saturated heterocycles. The van der Waals surface area contributed by atoms with Gasteiger partial charge in [-0.05, 0) is 49.3 Å². The van der Waals surface area contributed by atoms with E-state index in [0.29, 0.717) is 11.9 Å². The Morgan fingerprint density at radius 2 is 2.11 bits per heavy atom. The molecule has 0 unspecified atom stereocenters. The average Bonchev–Trinajstić information content (AvgIpc) is 3.22. The van der Waals surface area contributed by atoms with Crippen molar-refractivity contribution in [1.29, 1.82) is 0 Å². The lowest BCUT2D eigenvalue weighted by Gasteiger charge is -2.25. The summed E-state index contributed by atoms with van der Waals surface area (Å²) in [5.41, 5.74) is 2.35. The molecule has 1 fully saturated rings. The largest absolute Gasteiger partial charge is 0.354 e. The van der Waals surface area contributed by atoms with E-state index in [-0.39, 0.29) is 0 Å². The number of aromatic nitrogens is 1. The molecule has 106 valence electrons. The number of hydrogen-bond donors (Lipinski definition) is 0. The van der Waals surface area contributed by atoms with Gasteiger partial charge in [-0.2, -0.15) is 0 Å². The molecule has 1 saturated carbocycles. The average molecular weight is 281 g/mol. The lowest BCUT2D eigenvalue weighted by Crippen LogP contribution is -2.29. The fraction of sp³-hybridized carbons (Fsp3) is 0.688. The summed E-state index contributed by atoms with van der Waals surface area (Å²) in [6, 6.07) is 5.01. The van der Waals surface area contributed by atoms with Gasteiger partial charge in [0.1, 0.15) is 5.82 Å². The van der Waals surface area contributed by atoms with Crippen LogP contribution in [0.2, 0.25) is 0 Å². The standard InChI is InChI=1S/C16H25ClN2/c1-4-14-9-13(11-17)10-16(18-14)19(15-5-6-15)8-7-12(2)3/h9-10,12,15H,4-8,11H2,1-3H3. The zero-order valence-electron chi connectivity index (χ0n) is 12.3. The van der Waals surface area contributed by atoms with Crippen LogP contribution in [0.5, 0.6) is 0 Å². The third-order valence-corrected chi connectivity index (χ3v) is 3.98. The molecule has 0 aromatic carbocycles. The van der Waals surface area contributed by atoms with Crippen LogP contribution in [0, 0.1) is 5.92 Å². The number of halogens is 1. The number of pyridine rings is 1. The first-order valence-electron chi connectivity index (χ1n) is 7.46. The predicted octanol–water partition coefficient (Wildman–Crippen LogP) is 4.40. The van der Waals surface area contributed by atoms with Crippen molar-refractivity contribution in [3.8, 4) is 0 Å². The summed E-state index contributed by atoms with van der Waals surface area (Å²) in [4.78, 5) is 7.30. The Labute approximate surface area is 122 Å². The Kier molecular flexibility index (Phi) is 5.09. The Hall–Kier alpha value is -0.760. The SMILES string of the molecule is CCc1cc(CCl)cc(N(CCC(C)C)C2CC2)n1. The minimum atomic E-state index is 0.575. The molecule has 0 N–H and O–H groups in total. The molecule has 19 heavy (non-hydrogen) atoms. The lowest BCUT2D eigenvalue weighted by molar-refractivity contribution is 0.568. The van der Waals surface area contributed by atoms with Gasteiger partial charge in [-0.25, -0.2) is 4.98 Å². The van der Waals surface area contributed by atoms with E-state index in [0.717, 1.165) is 30.4 Å². The highest BCUT2D eigenvalue weighted by Crippen LogP contribution is 2.32. The van der Waals surface area contributed by atoms with Crippen LogP contribution >= 0.6 is 11.6 Å².